The Morgan fingerprint density at radius 2 is 2.12 bits per heavy atom. The van der Waals surface area contributed by atoms with Gasteiger partial charge in [-0.15, -0.1) is 0 Å². The Labute approximate surface area is 110 Å². The number of nitrogens with zero attached hydrogens (tertiary/aromatic N) is 1. The lowest BCUT2D eigenvalue weighted by molar-refractivity contribution is -0.153. The van der Waals surface area contributed by atoms with E-state index in [2.05, 4.69) is 15.9 Å². The molecule has 1 saturated carbocycles. The average molecular weight is 298 g/mol. The molecule has 4 heteroatoms. The summed E-state index contributed by atoms with van der Waals surface area (Å²) in [5.74, 6) is -0.664. The zero-order chi connectivity index (χ0) is 12.5. The zero-order valence-corrected chi connectivity index (χ0v) is 11.4. The smallest absolute Gasteiger partial charge is 0.311 e. The fourth-order valence-electron chi connectivity index (χ4n) is 2.34. The highest BCUT2D eigenvalue weighted by Crippen LogP contribution is 2.42. The lowest BCUT2D eigenvalue weighted by Crippen LogP contribution is -2.46. The predicted molar refractivity (Wildman–Crippen MR) is 71.3 cm³/mol. The van der Waals surface area contributed by atoms with Crippen molar-refractivity contribution in [2.24, 2.45) is 5.41 Å². The van der Waals surface area contributed by atoms with Gasteiger partial charge in [0.2, 0.25) is 0 Å². The fourth-order valence-corrected chi connectivity index (χ4v) is 2.93. The van der Waals surface area contributed by atoms with Crippen LogP contribution in [0.25, 0.3) is 0 Å². The van der Waals surface area contributed by atoms with Gasteiger partial charge in [-0.3, -0.25) is 4.79 Å². The van der Waals surface area contributed by atoms with E-state index in [1.807, 2.05) is 36.2 Å². The molecule has 2 rings (SSSR count). The van der Waals surface area contributed by atoms with Crippen LogP contribution in [-0.2, 0) is 4.79 Å². The van der Waals surface area contributed by atoms with Crippen molar-refractivity contribution >= 4 is 27.6 Å². The van der Waals surface area contributed by atoms with Crippen LogP contribution in [0, 0.1) is 5.41 Å². The zero-order valence-electron chi connectivity index (χ0n) is 9.82. The molecule has 0 atom stereocenters. The van der Waals surface area contributed by atoms with Crippen molar-refractivity contribution < 1.29 is 9.90 Å². The summed E-state index contributed by atoms with van der Waals surface area (Å²) in [5, 5.41) is 9.31. The van der Waals surface area contributed by atoms with Crippen LogP contribution >= 0.6 is 15.9 Å². The molecular weight excluding hydrogens is 282 g/mol. The maximum absolute atomic E-state index is 11.3. The Balaban J connectivity index is 2.14. The van der Waals surface area contributed by atoms with Crippen molar-refractivity contribution in [3.05, 3.63) is 28.7 Å². The molecule has 0 saturated heterocycles. The first-order chi connectivity index (χ1) is 8.05. The molecule has 92 valence electrons. The van der Waals surface area contributed by atoms with Crippen LogP contribution in [0.4, 0.5) is 5.69 Å². The minimum atomic E-state index is -0.664. The van der Waals surface area contributed by atoms with Crippen molar-refractivity contribution in [3.8, 4) is 0 Å². The number of halogens is 1. The van der Waals surface area contributed by atoms with Gasteiger partial charge in [0.25, 0.3) is 0 Å². The quantitative estimate of drug-likeness (QED) is 0.928. The molecule has 1 fully saturated rings. The predicted octanol–water partition coefficient (Wildman–Crippen LogP) is 3.14. The summed E-state index contributed by atoms with van der Waals surface area (Å²) >= 11 is 3.49. The Bertz CT molecular complexity index is 429. The largest absolute Gasteiger partial charge is 0.481 e. The Hall–Kier alpha value is -1.03. The first kappa shape index (κ1) is 12.4. The monoisotopic (exact) mass is 297 g/mol. The van der Waals surface area contributed by atoms with E-state index in [1.165, 1.54) is 0 Å². The molecule has 0 bridgehead atoms. The highest BCUT2D eigenvalue weighted by molar-refractivity contribution is 9.10. The van der Waals surface area contributed by atoms with Gasteiger partial charge in [-0.25, -0.2) is 0 Å². The van der Waals surface area contributed by atoms with Crippen molar-refractivity contribution in [1.82, 2.24) is 0 Å². The number of anilines is 1. The van der Waals surface area contributed by atoms with E-state index in [0.717, 1.165) is 29.4 Å². The normalized spacial score (nSPS) is 17.3. The maximum atomic E-state index is 11.3. The number of carboxylic acid groups (broad SMARTS) is 1. The third-order valence-corrected chi connectivity index (χ3v) is 4.24. The first-order valence-electron chi connectivity index (χ1n) is 5.74. The average Bonchev–Trinajstić information content (AvgIpc) is 2.23. The van der Waals surface area contributed by atoms with Crippen LogP contribution in [0.3, 0.4) is 0 Å². The van der Waals surface area contributed by atoms with Gasteiger partial charge in [-0.05, 0) is 40.9 Å². The summed E-state index contributed by atoms with van der Waals surface area (Å²) < 4.78 is 1.00. The second kappa shape index (κ2) is 4.69. The summed E-state index contributed by atoms with van der Waals surface area (Å²) in [6, 6.07) is 7.89. The molecule has 3 nitrogen and oxygen atoms in total. The van der Waals surface area contributed by atoms with Gasteiger partial charge in [0, 0.05) is 18.1 Å². The third-order valence-electron chi connectivity index (χ3n) is 3.57. The van der Waals surface area contributed by atoms with Crippen LogP contribution in [0.2, 0.25) is 0 Å². The van der Waals surface area contributed by atoms with E-state index in [9.17, 15) is 9.90 Å². The molecule has 1 aliphatic carbocycles. The van der Waals surface area contributed by atoms with Gasteiger partial charge in [0.1, 0.15) is 0 Å². The second-order valence-electron chi connectivity index (χ2n) is 4.75. The van der Waals surface area contributed by atoms with Gasteiger partial charge < -0.3 is 10.0 Å². The van der Waals surface area contributed by atoms with E-state index < -0.39 is 11.4 Å². The van der Waals surface area contributed by atoms with E-state index in [-0.39, 0.29) is 0 Å². The summed E-state index contributed by atoms with van der Waals surface area (Å²) in [4.78, 5) is 13.3. The number of para-hydroxylation sites is 1. The van der Waals surface area contributed by atoms with Crippen molar-refractivity contribution in [1.29, 1.82) is 0 Å². The standard InChI is InChI=1S/C13H16BrNO2/c1-15(11-6-3-2-5-10(11)14)9-13(12(16)17)7-4-8-13/h2-3,5-6H,4,7-9H2,1H3,(H,16,17). The topological polar surface area (TPSA) is 40.5 Å². The Kier molecular flexibility index (Phi) is 3.43. The Morgan fingerprint density at radius 3 is 2.59 bits per heavy atom. The molecule has 0 aromatic heterocycles. The minimum Gasteiger partial charge on any atom is -0.481 e. The van der Waals surface area contributed by atoms with E-state index in [0.29, 0.717) is 6.54 Å². The van der Waals surface area contributed by atoms with Crippen LogP contribution in [0.15, 0.2) is 28.7 Å². The van der Waals surface area contributed by atoms with Crippen LogP contribution in [0.1, 0.15) is 19.3 Å². The van der Waals surface area contributed by atoms with Crippen molar-refractivity contribution in [2.45, 2.75) is 19.3 Å². The molecule has 1 aromatic carbocycles. The Morgan fingerprint density at radius 1 is 1.47 bits per heavy atom. The molecule has 1 N–H and O–H groups in total. The minimum absolute atomic E-state index is 0.538. The molecular formula is C13H16BrNO2. The van der Waals surface area contributed by atoms with Gasteiger partial charge in [-0.1, -0.05) is 18.6 Å². The molecule has 0 unspecified atom stereocenters. The number of hydrogen-bond acceptors (Lipinski definition) is 2. The summed E-state index contributed by atoms with van der Waals surface area (Å²) in [6.07, 6.45) is 2.60. The van der Waals surface area contributed by atoms with Gasteiger partial charge >= 0.3 is 5.97 Å². The number of carbonyl (C=O) groups is 1. The van der Waals surface area contributed by atoms with Crippen LogP contribution in [0.5, 0.6) is 0 Å². The summed E-state index contributed by atoms with van der Waals surface area (Å²) in [7, 11) is 1.95. The first-order valence-corrected chi connectivity index (χ1v) is 6.53. The molecule has 17 heavy (non-hydrogen) atoms. The van der Waals surface area contributed by atoms with E-state index in [1.54, 1.807) is 0 Å². The molecule has 1 aromatic rings. The second-order valence-corrected chi connectivity index (χ2v) is 5.60. The number of aliphatic carboxylic acids is 1. The summed E-state index contributed by atoms with van der Waals surface area (Å²) in [5.41, 5.74) is 0.504. The number of carboxylic acids is 1. The van der Waals surface area contributed by atoms with Gasteiger partial charge in [-0.2, -0.15) is 0 Å². The number of benzene rings is 1. The fraction of sp³-hybridized carbons (Fsp3) is 0.462. The van der Waals surface area contributed by atoms with E-state index in [4.69, 9.17) is 0 Å². The number of rotatable bonds is 4. The van der Waals surface area contributed by atoms with Gasteiger partial charge in [0.15, 0.2) is 0 Å². The molecule has 0 amide bonds. The van der Waals surface area contributed by atoms with Crippen LogP contribution in [-0.4, -0.2) is 24.7 Å². The highest BCUT2D eigenvalue weighted by atomic mass is 79.9. The lowest BCUT2D eigenvalue weighted by atomic mass is 9.68. The SMILES string of the molecule is CN(CC1(C(=O)O)CCC1)c1ccccc1Br. The van der Waals surface area contributed by atoms with Crippen LogP contribution < -0.4 is 4.90 Å². The van der Waals surface area contributed by atoms with Crippen molar-refractivity contribution in [3.63, 3.8) is 0 Å². The molecule has 0 spiro atoms. The lowest BCUT2D eigenvalue weighted by Gasteiger charge is -2.41. The molecule has 0 heterocycles. The maximum Gasteiger partial charge on any atom is 0.311 e. The molecule has 0 radical (unpaired) electrons. The number of hydrogen-bond donors (Lipinski definition) is 1. The third kappa shape index (κ3) is 2.32. The van der Waals surface area contributed by atoms with E-state index >= 15 is 0 Å². The van der Waals surface area contributed by atoms with Gasteiger partial charge in [0.05, 0.1) is 11.1 Å². The molecule has 1 aliphatic rings. The highest BCUT2D eigenvalue weighted by Gasteiger charge is 2.45. The summed E-state index contributed by atoms with van der Waals surface area (Å²) in [6.45, 7) is 0.574. The van der Waals surface area contributed by atoms with Crippen molar-refractivity contribution in [2.75, 3.05) is 18.5 Å². The molecule has 0 aliphatic heterocycles.